The number of anilines is 1. The zero-order valence-corrected chi connectivity index (χ0v) is 10.1. The Balaban J connectivity index is 2.03. The third-order valence-electron chi connectivity index (χ3n) is 2.25. The molecule has 2 rings (SSSR count). The van der Waals surface area contributed by atoms with Gasteiger partial charge in [-0.3, -0.25) is 9.59 Å². The van der Waals surface area contributed by atoms with Crippen LogP contribution in [0.2, 0.25) is 0 Å². The summed E-state index contributed by atoms with van der Waals surface area (Å²) in [7, 11) is 0. The Labute approximate surface area is 107 Å². The Bertz CT molecular complexity index is 623. The fourth-order valence-electron chi connectivity index (χ4n) is 1.46. The molecule has 2 aromatic heterocycles. The Kier molecular flexibility index (Phi) is 3.55. The van der Waals surface area contributed by atoms with Crippen molar-refractivity contribution in [2.24, 2.45) is 0 Å². The standard InChI is InChI=1S/C10H12N6O3/c1-6-2-7(16-10(15-6)13-5-14-16)11-3-8(17)12-4-9(18)19/h2,5,11H,3-4H2,1H3,(H,12,17)(H,18,19). The van der Waals surface area contributed by atoms with E-state index in [0.29, 0.717) is 11.6 Å². The fraction of sp³-hybridized carbons (Fsp3) is 0.300. The minimum atomic E-state index is -1.09. The summed E-state index contributed by atoms with van der Waals surface area (Å²) in [6.07, 6.45) is 1.36. The maximum absolute atomic E-state index is 11.4. The van der Waals surface area contributed by atoms with Gasteiger partial charge in [0.1, 0.15) is 18.7 Å². The summed E-state index contributed by atoms with van der Waals surface area (Å²) in [5.41, 5.74) is 0.731. The van der Waals surface area contributed by atoms with Crippen LogP contribution in [0.4, 0.5) is 5.82 Å². The van der Waals surface area contributed by atoms with Gasteiger partial charge in [0.05, 0.1) is 6.54 Å². The molecule has 3 N–H and O–H groups in total. The summed E-state index contributed by atoms with van der Waals surface area (Å²) in [4.78, 5) is 29.8. The number of aryl methyl sites for hydroxylation is 1. The van der Waals surface area contributed by atoms with E-state index in [2.05, 4.69) is 25.7 Å². The van der Waals surface area contributed by atoms with E-state index in [4.69, 9.17) is 5.11 Å². The summed E-state index contributed by atoms with van der Waals surface area (Å²) in [6.45, 7) is 1.32. The van der Waals surface area contributed by atoms with E-state index >= 15 is 0 Å². The molecule has 0 unspecified atom stereocenters. The Morgan fingerprint density at radius 1 is 1.42 bits per heavy atom. The van der Waals surface area contributed by atoms with Crippen LogP contribution in [0.25, 0.3) is 5.78 Å². The van der Waals surface area contributed by atoms with Gasteiger partial charge >= 0.3 is 5.97 Å². The lowest BCUT2D eigenvalue weighted by atomic mass is 10.4. The number of carbonyl (C=O) groups is 2. The lowest BCUT2D eigenvalue weighted by Crippen LogP contribution is -2.34. The van der Waals surface area contributed by atoms with Crippen molar-refractivity contribution in [2.75, 3.05) is 18.4 Å². The van der Waals surface area contributed by atoms with Crippen LogP contribution >= 0.6 is 0 Å². The van der Waals surface area contributed by atoms with E-state index in [1.807, 2.05) is 0 Å². The van der Waals surface area contributed by atoms with Gasteiger partial charge in [0.15, 0.2) is 0 Å². The van der Waals surface area contributed by atoms with Crippen LogP contribution in [-0.2, 0) is 9.59 Å². The topological polar surface area (TPSA) is 122 Å². The minimum absolute atomic E-state index is 0.0638. The molecular weight excluding hydrogens is 252 g/mol. The zero-order valence-electron chi connectivity index (χ0n) is 10.1. The molecule has 9 nitrogen and oxygen atoms in total. The molecule has 9 heteroatoms. The van der Waals surface area contributed by atoms with Crippen LogP contribution in [0.3, 0.4) is 0 Å². The van der Waals surface area contributed by atoms with Gasteiger partial charge in [-0.2, -0.15) is 14.6 Å². The summed E-state index contributed by atoms with van der Waals surface area (Å²) in [5, 5.41) is 17.5. The van der Waals surface area contributed by atoms with E-state index in [9.17, 15) is 9.59 Å². The van der Waals surface area contributed by atoms with Gasteiger partial charge in [0.25, 0.3) is 5.78 Å². The van der Waals surface area contributed by atoms with Gasteiger partial charge in [-0.25, -0.2) is 4.98 Å². The van der Waals surface area contributed by atoms with Gasteiger partial charge in [-0.1, -0.05) is 0 Å². The van der Waals surface area contributed by atoms with Crippen molar-refractivity contribution < 1.29 is 14.7 Å². The van der Waals surface area contributed by atoms with Crippen molar-refractivity contribution in [1.82, 2.24) is 24.9 Å². The van der Waals surface area contributed by atoms with Gasteiger partial charge in [0.2, 0.25) is 5.91 Å². The van der Waals surface area contributed by atoms with Crippen LogP contribution in [0.1, 0.15) is 5.69 Å². The lowest BCUT2D eigenvalue weighted by molar-refractivity contribution is -0.137. The molecule has 1 amide bonds. The largest absolute Gasteiger partial charge is 0.480 e. The molecule has 19 heavy (non-hydrogen) atoms. The molecule has 0 spiro atoms. The quantitative estimate of drug-likeness (QED) is 0.636. The average Bonchev–Trinajstić information content (AvgIpc) is 2.81. The predicted octanol–water partition coefficient (Wildman–Crippen LogP) is -0.955. The SMILES string of the molecule is Cc1cc(NCC(=O)NCC(=O)O)n2ncnc2n1. The third-order valence-corrected chi connectivity index (χ3v) is 2.25. The highest BCUT2D eigenvalue weighted by Gasteiger charge is 2.08. The second-order valence-electron chi connectivity index (χ2n) is 3.78. The van der Waals surface area contributed by atoms with Crippen molar-refractivity contribution in [3.63, 3.8) is 0 Å². The Hall–Kier alpha value is -2.71. The Morgan fingerprint density at radius 3 is 2.95 bits per heavy atom. The Morgan fingerprint density at radius 2 is 2.21 bits per heavy atom. The molecule has 0 saturated heterocycles. The zero-order chi connectivity index (χ0) is 13.8. The van der Waals surface area contributed by atoms with Gasteiger partial charge < -0.3 is 15.7 Å². The number of aliphatic carboxylic acids is 1. The first-order valence-corrected chi connectivity index (χ1v) is 5.46. The molecule has 0 atom stereocenters. The molecule has 0 aliphatic heterocycles. The molecule has 2 aromatic rings. The highest BCUT2D eigenvalue weighted by atomic mass is 16.4. The number of hydrogen-bond acceptors (Lipinski definition) is 6. The molecule has 0 bridgehead atoms. The molecule has 0 aliphatic carbocycles. The van der Waals surface area contributed by atoms with Gasteiger partial charge in [0, 0.05) is 11.8 Å². The van der Waals surface area contributed by atoms with Crippen molar-refractivity contribution in [3.05, 3.63) is 18.1 Å². The van der Waals surface area contributed by atoms with Gasteiger partial charge in [-0.15, -0.1) is 0 Å². The highest BCUT2D eigenvalue weighted by Crippen LogP contribution is 2.09. The van der Waals surface area contributed by atoms with Crippen molar-refractivity contribution in [1.29, 1.82) is 0 Å². The summed E-state index contributed by atoms with van der Waals surface area (Å²) >= 11 is 0. The summed E-state index contributed by atoms with van der Waals surface area (Å²) in [6, 6.07) is 1.71. The highest BCUT2D eigenvalue weighted by molar-refractivity contribution is 5.84. The number of carboxylic acid groups (broad SMARTS) is 1. The van der Waals surface area contributed by atoms with Crippen LogP contribution < -0.4 is 10.6 Å². The number of nitrogens with one attached hydrogen (secondary N) is 2. The number of hydrogen-bond donors (Lipinski definition) is 3. The molecule has 0 radical (unpaired) electrons. The second kappa shape index (κ2) is 5.29. The van der Waals surface area contributed by atoms with Crippen LogP contribution in [0.15, 0.2) is 12.4 Å². The maximum Gasteiger partial charge on any atom is 0.322 e. The first kappa shape index (κ1) is 12.7. The number of carbonyl (C=O) groups excluding carboxylic acids is 1. The normalized spacial score (nSPS) is 10.4. The molecular formula is C10H12N6O3. The average molecular weight is 264 g/mol. The first-order chi connectivity index (χ1) is 9.06. The van der Waals surface area contributed by atoms with E-state index in [1.165, 1.54) is 10.8 Å². The minimum Gasteiger partial charge on any atom is -0.480 e. The smallest absolute Gasteiger partial charge is 0.322 e. The molecule has 0 saturated carbocycles. The molecule has 2 heterocycles. The van der Waals surface area contributed by atoms with Crippen molar-refractivity contribution >= 4 is 23.5 Å². The number of rotatable bonds is 5. The number of carboxylic acids is 1. The van der Waals surface area contributed by atoms with Crippen LogP contribution in [0, 0.1) is 6.92 Å². The van der Waals surface area contributed by atoms with Crippen molar-refractivity contribution in [3.8, 4) is 0 Å². The number of fused-ring (bicyclic) bond motifs is 1. The van der Waals surface area contributed by atoms with Crippen molar-refractivity contribution in [2.45, 2.75) is 6.92 Å². The first-order valence-electron chi connectivity index (χ1n) is 5.46. The maximum atomic E-state index is 11.4. The molecule has 0 aliphatic rings. The van der Waals surface area contributed by atoms with E-state index in [1.54, 1.807) is 13.0 Å². The van der Waals surface area contributed by atoms with Crippen LogP contribution in [-0.4, -0.2) is 49.7 Å². The van der Waals surface area contributed by atoms with E-state index < -0.39 is 18.4 Å². The monoisotopic (exact) mass is 264 g/mol. The predicted molar refractivity (Wildman–Crippen MR) is 64.7 cm³/mol. The number of amides is 1. The summed E-state index contributed by atoms with van der Waals surface area (Å²) in [5.74, 6) is -0.532. The van der Waals surface area contributed by atoms with E-state index in [-0.39, 0.29) is 6.54 Å². The van der Waals surface area contributed by atoms with E-state index in [0.717, 1.165) is 5.69 Å². The summed E-state index contributed by atoms with van der Waals surface area (Å²) < 4.78 is 1.46. The third kappa shape index (κ3) is 3.15. The molecule has 0 fully saturated rings. The molecule has 0 aromatic carbocycles. The number of aromatic nitrogens is 4. The van der Waals surface area contributed by atoms with Gasteiger partial charge in [-0.05, 0) is 6.92 Å². The molecule has 100 valence electrons. The fourth-order valence-corrected chi connectivity index (χ4v) is 1.46. The lowest BCUT2D eigenvalue weighted by Gasteiger charge is -2.08. The van der Waals surface area contributed by atoms with Crippen LogP contribution in [0.5, 0.6) is 0 Å². The second-order valence-corrected chi connectivity index (χ2v) is 3.78. The number of nitrogens with zero attached hydrogens (tertiary/aromatic N) is 4.